The second-order valence-corrected chi connectivity index (χ2v) is 3.04. The Morgan fingerprint density at radius 3 is 2.38 bits per heavy atom. The van der Waals surface area contributed by atoms with Crippen molar-refractivity contribution >= 4 is 11.6 Å². The quantitative estimate of drug-likeness (QED) is 0.692. The monoisotopic (exact) mass is 199 g/mol. The molecule has 0 saturated heterocycles. The summed E-state index contributed by atoms with van der Waals surface area (Å²) in [6, 6.07) is 7.48. The molecule has 2 nitrogen and oxygen atoms in total. The third-order valence-electron chi connectivity index (χ3n) is 1.77. The lowest BCUT2D eigenvalue weighted by Crippen LogP contribution is -2.26. The molecule has 0 fully saturated rings. The van der Waals surface area contributed by atoms with Crippen LogP contribution in [0.2, 0.25) is 5.02 Å². The van der Waals surface area contributed by atoms with E-state index >= 15 is 0 Å². The summed E-state index contributed by atoms with van der Waals surface area (Å²) in [5.74, 6) is 0.716. The fourth-order valence-corrected chi connectivity index (χ4v) is 1.18. The molecule has 0 aliphatic carbocycles. The summed E-state index contributed by atoms with van der Waals surface area (Å²) in [6.07, 6.45) is 0. The van der Waals surface area contributed by atoms with Crippen molar-refractivity contribution in [3.63, 3.8) is 0 Å². The van der Waals surface area contributed by atoms with Crippen LogP contribution >= 0.6 is 11.6 Å². The Bertz CT molecular complexity index is 261. The van der Waals surface area contributed by atoms with Gasteiger partial charge in [-0.25, -0.2) is 0 Å². The highest BCUT2D eigenvalue weighted by molar-refractivity contribution is 6.32. The number of hydrogen-bond donors (Lipinski definition) is 0. The van der Waals surface area contributed by atoms with Crippen LogP contribution in [-0.2, 0) is 0 Å². The van der Waals surface area contributed by atoms with Crippen molar-refractivity contribution in [2.24, 2.45) is 0 Å². The molecule has 0 unspecified atom stereocenters. The normalized spacial score (nSPS) is 10.5. The highest BCUT2D eigenvalue weighted by atomic mass is 35.5. The van der Waals surface area contributed by atoms with Crippen molar-refractivity contribution in [1.82, 2.24) is 5.06 Å². The van der Waals surface area contributed by atoms with Crippen molar-refractivity contribution in [3.8, 4) is 5.75 Å². The second-order valence-electron chi connectivity index (χ2n) is 2.64. The molecule has 0 spiro atoms. The van der Waals surface area contributed by atoms with Crippen molar-refractivity contribution in [2.45, 2.75) is 13.8 Å². The standard InChI is InChI=1S/C10H14ClNO/c1-3-12(4-2)13-10-8-6-5-7-9(10)11/h5-8H,3-4H2,1-2H3. The summed E-state index contributed by atoms with van der Waals surface area (Å²) < 4.78 is 0. The average molecular weight is 200 g/mol. The molecular formula is C10H14ClNO. The van der Waals surface area contributed by atoms with E-state index in [2.05, 4.69) is 0 Å². The van der Waals surface area contributed by atoms with E-state index in [1.54, 1.807) is 0 Å². The number of benzene rings is 1. The minimum Gasteiger partial charge on any atom is -0.404 e. The number of para-hydroxylation sites is 1. The Labute approximate surface area is 84.0 Å². The maximum absolute atomic E-state index is 5.93. The summed E-state index contributed by atoms with van der Waals surface area (Å²) in [4.78, 5) is 5.54. The summed E-state index contributed by atoms with van der Waals surface area (Å²) in [5.41, 5.74) is 0. The van der Waals surface area contributed by atoms with Gasteiger partial charge in [-0.05, 0) is 26.0 Å². The van der Waals surface area contributed by atoms with E-state index in [9.17, 15) is 0 Å². The Morgan fingerprint density at radius 1 is 1.23 bits per heavy atom. The number of rotatable bonds is 4. The van der Waals surface area contributed by atoms with E-state index in [0.717, 1.165) is 13.1 Å². The lowest BCUT2D eigenvalue weighted by Gasteiger charge is -2.19. The third-order valence-corrected chi connectivity index (χ3v) is 2.08. The Hall–Kier alpha value is -0.730. The molecule has 1 aromatic rings. The van der Waals surface area contributed by atoms with E-state index in [0.29, 0.717) is 10.8 Å². The molecule has 1 aromatic carbocycles. The van der Waals surface area contributed by atoms with Crippen molar-refractivity contribution < 1.29 is 4.84 Å². The first-order chi connectivity index (χ1) is 6.27. The Balaban J connectivity index is 2.67. The Morgan fingerprint density at radius 2 is 1.85 bits per heavy atom. The fraction of sp³-hybridized carbons (Fsp3) is 0.400. The van der Waals surface area contributed by atoms with Gasteiger partial charge in [0.25, 0.3) is 0 Å². The molecule has 0 atom stereocenters. The van der Waals surface area contributed by atoms with Gasteiger partial charge in [0.1, 0.15) is 0 Å². The molecule has 0 aliphatic rings. The van der Waals surface area contributed by atoms with E-state index in [1.165, 1.54) is 0 Å². The predicted octanol–water partition coefficient (Wildman–Crippen LogP) is 2.98. The van der Waals surface area contributed by atoms with Gasteiger partial charge in [0, 0.05) is 13.1 Å². The topological polar surface area (TPSA) is 12.5 Å². The zero-order valence-electron chi connectivity index (χ0n) is 7.96. The maximum Gasteiger partial charge on any atom is 0.166 e. The van der Waals surface area contributed by atoms with Crippen LogP contribution < -0.4 is 4.84 Å². The van der Waals surface area contributed by atoms with Crippen LogP contribution in [0.3, 0.4) is 0 Å². The van der Waals surface area contributed by atoms with Crippen LogP contribution in [0.1, 0.15) is 13.8 Å². The van der Waals surface area contributed by atoms with E-state index in [4.69, 9.17) is 16.4 Å². The first kappa shape index (κ1) is 10.4. The third kappa shape index (κ3) is 2.90. The van der Waals surface area contributed by atoms with Crippen molar-refractivity contribution in [1.29, 1.82) is 0 Å². The second kappa shape index (κ2) is 5.10. The number of hydrogen-bond acceptors (Lipinski definition) is 2. The minimum absolute atomic E-state index is 0.648. The van der Waals surface area contributed by atoms with Crippen LogP contribution in [0.4, 0.5) is 0 Å². The van der Waals surface area contributed by atoms with Crippen molar-refractivity contribution in [3.05, 3.63) is 29.3 Å². The molecule has 0 amide bonds. The van der Waals surface area contributed by atoms with Gasteiger partial charge in [0.2, 0.25) is 0 Å². The van der Waals surface area contributed by atoms with Gasteiger partial charge >= 0.3 is 0 Å². The van der Waals surface area contributed by atoms with Gasteiger partial charge in [0.15, 0.2) is 5.75 Å². The minimum atomic E-state index is 0.648. The zero-order chi connectivity index (χ0) is 9.68. The van der Waals surface area contributed by atoms with Crippen molar-refractivity contribution in [2.75, 3.05) is 13.1 Å². The fourth-order valence-electron chi connectivity index (χ4n) is 1.01. The van der Waals surface area contributed by atoms with Gasteiger partial charge in [-0.15, -0.1) is 5.06 Å². The van der Waals surface area contributed by atoms with E-state index in [-0.39, 0.29) is 0 Å². The molecule has 0 radical (unpaired) electrons. The number of hydroxylamine groups is 2. The van der Waals surface area contributed by atoms with Crippen LogP contribution in [-0.4, -0.2) is 18.2 Å². The summed E-state index contributed by atoms with van der Waals surface area (Å²) in [7, 11) is 0. The molecule has 72 valence electrons. The van der Waals surface area contributed by atoms with Gasteiger partial charge in [-0.3, -0.25) is 0 Å². The molecule has 3 heteroatoms. The van der Waals surface area contributed by atoms with Crippen LogP contribution in [0.5, 0.6) is 5.75 Å². The van der Waals surface area contributed by atoms with E-state index < -0.39 is 0 Å². The highest BCUT2D eigenvalue weighted by Crippen LogP contribution is 2.23. The van der Waals surface area contributed by atoms with Gasteiger partial charge < -0.3 is 4.84 Å². The molecule has 0 heterocycles. The molecule has 0 N–H and O–H groups in total. The molecule has 0 aromatic heterocycles. The smallest absolute Gasteiger partial charge is 0.166 e. The van der Waals surface area contributed by atoms with Crippen LogP contribution in [0.15, 0.2) is 24.3 Å². The average Bonchev–Trinajstić information content (AvgIpc) is 2.17. The molecule has 0 saturated carbocycles. The SMILES string of the molecule is CCN(CC)Oc1ccccc1Cl. The molecule has 0 aliphatic heterocycles. The largest absolute Gasteiger partial charge is 0.404 e. The molecule has 13 heavy (non-hydrogen) atoms. The lowest BCUT2D eigenvalue weighted by atomic mass is 10.3. The van der Waals surface area contributed by atoms with Crippen LogP contribution in [0, 0.1) is 0 Å². The van der Waals surface area contributed by atoms with E-state index in [1.807, 2.05) is 43.2 Å². The Kier molecular flexibility index (Phi) is 4.06. The zero-order valence-corrected chi connectivity index (χ0v) is 8.71. The highest BCUT2D eigenvalue weighted by Gasteiger charge is 2.04. The number of nitrogens with zero attached hydrogens (tertiary/aromatic N) is 1. The maximum atomic E-state index is 5.93. The van der Waals surface area contributed by atoms with Gasteiger partial charge in [-0.2, -0.15) is 0 Å². The predicted molar refractivity (Wildman–Crippen MR) is 55.0 cm³/mol. The molecular weight excluding hydrogens is 186 g/mol. The lowest BCUT2D eigenvalue weighted by molar-refractivity contribution is -0.0485. The summed E-state index contributed by atoms with van der Waals surface area (Å²) >= 11 is 5.93. The summed E-state index contributed by atoms with van der Waals surface area (Å²) in [5, 5.41) is 2.50. The van der Waals surface area contributed by atoms with Crippen LogP contribution in [0.25, 0.3) is 0 Å². The summed E-state index contributed by atoms with van der Waals surface area (Å²) in [6.45, 7) is 5.78. The van der Waals surface area contributed by atoms with Gasteiger partial charge in [0.05, 0.1) is 5.02 Å². The first-order valence-electron chi connectivity index (χ1n) is 4.45. The number of halogens is 1. The first-order valence-corrected chi connectivity index (χ1v) is 4.83. The molecule has 0 bridgehead atoms. The van der Waals surface area contributed by atoms with Gasteiger partial charge in [-0.1, -0.05) is 23.7 Å². The molecule has 1 rings (SSSR count).